The van der Waals surface area contributed by atoms with E-state index in [0.29, 0.717) is 12.2 Å². The van der Waals surface area contributed by atoms with Crippen molar-refractivity contribution in [1.29, 1.82) is 0 Å². The molecule has 2 nitrogen and oxygen atoms in total. The first-order valence-corrected chi connectivity index (χ1v) is 6.82. The van der Waals surface area contributed by atoms with Gasteiger partial charge in [0.05, 0.1) is 5.69 Å². The van der Waals surface area contributed by atoms with Crippen LogP contribution in [0.15, 0.2) is 60.7 Å². The number of phenolic OH excluding ortho intramolecular Hbond substituents is 1. The first-order valence-electron chi connectivity index (χ1n) is 6.82. The second-order valence-corrected chi connectivity index (χ2v) is 5.09. The Morgan fingerprint density at radius 2 is 1.67 bits per heavy atom. The van der Waals surface area contributed by atoms with Gasteiger partial charge in [0.2, 0.25) is 0 Å². The van der Waals surface area contributed by atoms with Crippen LogP contribution in [0.3, 0.4) is 0 Å². The molecule has 0 aliphatic carbocycles. The molecule has 3 heteroatoms. The summed E-state index contributed by atoms with van der Waals surface area (Å²) in [5.74, 6) is -0.0309. The molecule has 21 heavy (non-hydrogen) atoms. The number of hydrogen-bond acceptors (Lipinski definition) is 2. The highest BCUT2D eigenvalue weighted by atomic mass is 19.1. The molecule has 3 rings (SSSR count). The number of phenols is 1. The van der Waals surface area contributed by atoms with E-state index in [1.54, 1.807) is 29.2 Å². The minimum absolute atomic E-state index is 0.233. The van der Waals surface area contributed by atoms with Crippen LogP contribution < -0.4 is 4.90 Å². The minimum atomic E-state index is -0.264. The molecule has 106 valence electrons. The van der Waals surface area contributed by atoms with E-state index in [0.717, 1.165) is 16.3 Å². The predicted octanol–water partition coefficient (Wildman–Crippen LogP) is 4.32. The highest BCUT2D eigenvalue weighted by Crippen LogP contribution is 2.29. The topological polar surface area (TPSA) is 23.5 Å². The number of benzene rings is 3. The minimum Gasteiger partial charge on any atom is -0.508 e. The van der Waals surface area contributed by atoms with Crippen molar-refractivity contribution in [2.75, 3.05) is 11.9 Å². The zero-order valence-electron chi connectivity index (χ0n) is 11.8. The van der Waals surface area contributed by atoms with Gasteiger partial charge in [-0.2, -0.15) is 0 Å². The molecule has 0 heterocycles. The Morgan fingerprint density at radius 3 is 2.48 bits per heavy atom. The van der Waals surface area contributed by atoms with Crippen LogP contribution in [0.5, 0.6) is 5.75 Å². The van der Waals surface area contributed by atoms with E-state index in [1.165, 1.54) is 6.07 Å². The van der Waals surface area contributed by atoms with Crippen LogP contribution in [0.2, 0.25) is 0 Å². The lowest BCUT2D eigenvalue weighted by molar-refractivity contribution is 0.469. The van der Waals surface area contributed by atoms with Gasteiger partial charge in [-0.25, -0.2) is 4.39 Å². The van der Waals surface area contributed by atoms with Crippen molar-refractivity contribution in [2.45, 2.75) is 6.54 Å². The molecule has 3 aromatic carbocycles. The Labute approximate surface area is 123 Å². The average molecular weight is 281 g/mol. The van der Waals surface area contributed by atoms with Crippen molar-refractivity contribution in [1.82, 2.24) is 0 Å². The quantitative estimate of drug-likeness (QED) is 0.772. The lowest BCUT2D eigenvalue weighted by Crippen LogP contribution is -2.17. The summed E-state index contributed by atoms with van der Waals surface area (Å²) in [4.78, 5) is 1.80. The zero-order chi connectivity index (χ0) is 14.8. The Balaban J connectivity index is 2.02. The standard InChI is InChI=1S/C18H16FNO/c1-20(17-9-5-4-8-16(17)19)12-15-14-7-3-2-6-13(14)10-11-18(15)21/h2-11,21H,12H2,1H3. The van der Waals surface area contributed by atoms with Crippen molar-refractivity contribution in [3.63, 3.8) is 0 Å². The van der Waals surface area contributed by atoms with Crippen molar-refractivity contribution in [2.24, 2.45) is 0 Å². The van der Waals surface area contributed by atoms with Gasteiger partial charge in [0.1, 0.15) is 11.6 Å². The zero-order valence-corrected chi connectivity index (χ0v) is 11.8. The molecule has 0 aliphatic heterocycles. The molecule has 1 N–H and O–H groups in total. The number of halogens is 1. The number of para-hydroxylation sites is 1. The van der Waals surface area contributed by atoms with E-state index in [1.807, 2.05) is 37.4 Å². The summed E-state index contributed by atoms with van der Waals surface area (Å²) in [5, 5.41) is 12.2. The number of rotatable bonds is 3. The Hall–Kier alpha value is -2.55. The third-order valence-corrected chi connectivity index (χ3v) is 3.67. The number of nitrogens with zero attached hydrogens (tertiary/aromatic N) is 1. The number of hydrogen-bond donors (Lipinski definition) is 1. The summed E-state index contributed by atoms with van der Waals surface area (Å²) in [6, 6.07) is 18.1. The second-order valence-electron chi connectivity index (χ2n) is 5.09. The van der Waals surface area contributed by atoms with Crippen LogP contribution in [-0.4, -0.2) is 12.2 Å². The highest BCUT2D eigenvalue weighted by molar-refractivity contribution is 5.87. The second kappa shape index (κ2) is 5.44. The van der Waals surface area contributed by atoms with Gasteiger partial charge in [-0.1, -0.05) is 42.5 Å². The lowest BCUT2D eigenvalue weighted by atomic mass is 10.0. The number of aromatic hydroxyl groups is 1. The van der Waals surface area contributed by atoms with E-state index in [9.17, 15) is 9.50 Å². The summed E-state index contributed by atoms with van der Waals surface area (Å²) < 4.78 is 13.9. The molecular formula is C18H16FNO. The monoisotopic (exact) mass is 281 g/mol. The van der Waals surface area contributed by atoms with Crippen LogP contribution in [0.1, 0.15) is 5.56 Å². The molecule has 0 aliphatic rings. The molecule has 3 aromatic rings. The van der Waals surface area contributed by atoms with Gasteiger partial charge in [0.15, 0.2) is 0 Å². The van der Waals surface area contributed by atoms with E-state index in [2.05, 4.69) is 0 Å². The fourth-order valence-electron chi connectivity index (χ4n) is 2.57. The fraction of sp³-hybridized carbons (Fsp3) is 0.111. The normalized spacial score (nSPS) is 10.8. The first kappa shape index (κ1) is 13.4. The molecular weight excluding hydrogens is 265 g/mol. The molecule has 0 unspecified atom stereocenters. The van der Waals surface area contributed by atoms with Crippen LogP contribution in [0.25, 0.3) is 10.8 Å². The average Bonchev–Trinajstić information content (AvgIpc) is 2.50. The number of fused-ring (bicyclic) bond motifs is 1. The maximum atomic E-state index is 13.9. The van der Waals surface area contributed by atoms with Gasteiger partial charge in [-0.05, 0) is 29.0 Å². The van der Waals surface area contributed by atoms with Gasteiger partial charge in [-0.15, -0.1) is 0 Å². The van der Waals surface area contributed by atoms with Crippen molar-refractivity contribution in [3.05, 3.63) is 72.0 Å². The fourth-order valence-corrected chi connectivity index (χ4v) is 2.57. The summed E-state index contributed by atoms with van der Waals surface area (Å²) >= 11 is 0. The van der Waals surface area contributed by atoms with E-state index < -0.39 is 0 Å². The van der Waals surface area contributed by atoms with Gasteiger partial charge < -0.3 is 10.0 Å². The Morgan fingerprint density at radius 1 is 0.952 bits per heavy atom. The lowest BCUT2D eigenvalue weighted by Gasteiger charge is -2.21. The summed E-state index contributed by atoms with van der Waals surface area (Å²) in [7, 11) is 1.82. The Bertz CT molecular complexity index is 785. The van der Waals surface area contributed by atoms with Gasteiger partial charge >= 0.3 is 0 Å². The smallest absolute Gasteiger partial charge is 0.146 e. The van der Waals surface area contributed by atoms with Crippen molar-refractivity contribution >= 4 is 16.5 Å². The van der Waals surface area contributed by atoms with Gasteiger partial charge in [0, 0.05) is 19.2 Å². The van der Waals surface area contributed by atoms with Gasteiger partial charge in [0.25, 0.3) is 0 Å². The molecule has 0 amide bonds. The van der Waals surface area contributed by atoms with E-state index in [-0.39, 0.29) is 11.6 Å². The third kappa shape index (κ3) is 2.55. The van der Waals surface area contributed by atoms with Gasteiger partial charge in [-0.3, -0.25) is 0 Å². The Kier molecular flexibility index (Phi) is 3.48. The highest BCUT2D eigenvalue weighted by Gasteiger charge is 2.12. The first-order chi connectivity index (χ1) is 10.2. The maximum Gasteiger partial charge on any atom is 0.146 e. The summed E-state index contributed by atoms with van der Waals surface area (Å²) in [6.07, 6.45) is 0. The molecule has 0 saturated carbocycles. The van der Waals surface area contributed by atoms with E-state index in [4.69, 9.17) is 0 Å². The molecule has 0 bridgehead atoms. The molecule has 0 saturated heterocycles. The van der Waals surface area contributed by atoms with E-state index >= 15 is 0 Å². The van der Waals surface area contributed by atoms with Crippen LogP contribution >= 0.6 is 0 Å². The van der Waals surface area contributed by atoms with Crippen molar-refractivity contribution in [3.8, 4) is 5.75 Å². The summed E-state index contributed by atoms with van der Waals surface area (Å²) in [5.41, 5.74) is 1.32. The largest absolute Gasteiger partial charge is 0.508 e. The predicted molar refractivity (Wildman–Crippen MR) is 84.1 cm³/mol. The molecule has 0 aromatic heterocycles. The maximum absolute atomic E-state index is 13.9. The third-order valence-electron chi connectivity index (χ3n) is 3.67. The number of anilines is 1. The molecule has 0 spiro atoms. The van der Waals surface area contributed by atoms with Crippen LogP contribution in [0.4, 0.5) is 10.1 Å². The molecule has 0 radical (unpaired) electrons. The summed E-state index contributed by atoms with van der Waals surface area (Å²) in [6.45, 7) is 0.439. The SMILES string of the molecule is CN(Cc1c(O)ccc2ccccc12)c1ccccc1F. The molecule has 0 fully saturated rings. The van der Waals surface area contributed by atoms with Crippen LogP contribution in [0, 0.1) is 5.82 Å². The van der Waals surface area contributed by atoms with Crippen molar-refractivity contribution < 1.29 is 9.50 Å². The molecule has 0 atom stereocenters. The van der Waals surface area contributed by atoms with Crippen LogP contribution in [-0.2, 0) is 6.54 Å².